The molecule has 0 saturated carbocycles. The molecule has 58 heavy (non-hydrogen) atoms. The fraction of sp³-hybridized carbons (Fsp3) is 0.963. The molecule has 4 nitrogen and oxygen atoms in total. The van der Waals surface area contributed by atoms with Gasteiger partial charge in [-0.3, -0.25) is 4.79 Å². The molecule has 1 N–H and O–H groups in total. The Kier molecular flexibility index (Phi) is 48.0. The maximum absolute atomic E-state index is 12.2. The van der Waals surface area contributed by atoms with Gasteiger partial charge in [-0.25, -0.2) is 4.79 Å². The maximum atomic E-state index is 12.2. The lowest BCUT2D eigenvalue weighted by molar-refractivity contribution is -0.166. The van der Waals surface area contributed by atoms with Crippen LogP contribution in [0.3, 0.4) is 0 Å². The van der Waals surface area contributed by atoms with E-state index in [0.717, 1.165) is 44.4 Å². The van der Waals surface area contributed by atoms with Gasteiger partial charge >= 0.3 is 11.9 Å². The average molecular weight is 819 g/mol. The van der Waals surface area contributed by atoms with Gasteiger partial charge in [-0.1, -0.05) is 303 Å². The van der Waals surface area contributed by atoms with Crippen molar-refractivity contribution in [3.05, 3.63) is 0 Å². The van der Waals surface area contributed by atoms with Crippen LogP contribution in [0.4, 0.5) is 0 Å². The first-order valence-corrected chi connectivity index (χ1v) is 27.0. The Balaban J connectivity index is 3.75. The maximum Gasteiger partial charge on any atom is 0.342 e. The zero-order valence-electron chi connectivity index (χ0n) is 40.1. The summed E-state index contributed by atoms with van der Waals surface area (Å²) in [7, 11) is 0. The summed E-state index contributed by atoms with van der Waals surface area (Å²) in [5.41, 5.74) is 0. The van der Waals surface area contributed by atoms with E-state index in [2.05, 4.69) is 20.8 Å². The summed E-state index contributed by atoms with van der Waals surface area (Å²) >= 11 is 0. The number of aliphatic hydroxyl groups is 1. The molecule has 0 radical (unpaired) electrons. The molecule has 0 spiro atoms. The summed E-state index contributed by atoms with van der Waals surface area (Å²) in [6, 6.07) is 0. The van der Waals surface area contributed by atoms with Gasteiger partial charge in [-0.15, -0.1) is 0 Å². The van der Waals surface area contributed by atoms with Crippen LogP contribution in [0.1, 0.15) is 323 Å². The summed E-state index contributed by atoms with van der Waals surface area (Å²) in [6.45, 7) is 6.89. The minimum atomic E-state index is -1.17. The molecule has 4 heteroatoms. The van der Waals surface area contributed by atoms with Crippen LogP contribution in [-0.2, 0) is 14.3 Å². The third-order valence-electron chi connectivity index (χ3n) is 13.0. The van der Waals surface area contributed by atoms with E-state index in [0.29, 0.717) is 6.42 Å². The van der Waals surface area contributed by atoms with Crippen LogP contribution in [0.5, 0.6) is 0 Å². The molecule has 0 saturated heterocycles. The first kappa shape index (κ1) is 57.1. The van der Waals surface area contributed by atoms with Crippen LogP contribution in [-0.4, -0.2) is 23.1 Å². The Morgan fingerprint density at radius 3 is 0.845 bits per heavy atom. The van der Waals surface area contributed by atoms with Gasteiger partial charge < -0.3 is 9.84 Å². The van der Waals surface area contributed by atoms with Gasteiger partial charge in [0.1, 0.15) is 0 Å². The van der Waals surface area contributed by atoms with E-state index in [1.54, 1.807) is 0 Å². The zero-order valence-corrected chi connectivity index (χ0v) is 40.1. The lowest BCUT2D eigenvalue weighted by atomic mass is 9.89. The topological polar surface area (TPSA) is 63.6 Å². The van der Waals surface area contributed by atoms with E-state index in [-0.39, 0.29) is 6.42 Å². The summed E-state index contributed by atoms with van der Waals surface area (Å²) in [5.74, 6) is -0.303. The van der Waals surface area contributed by atoms with Crippen molar-refractivity contribution in [3.8, 4) is 0 Å². The molecule has 0 aliphatic heterocycles. The summed E-state index contributed by atoms with van der Waals surface area (Å²) < 4.78 is 4.96. The summed E-state index contributed by atoms with van der Waals surface area (Å²) in [6.07, 6.45) is 59.9. The third kappa shape index (κ3) is 44.6. The van der Waals surface area contributed by atoms with Crippen molar-refractivity contribution in [2.24, 2.45) is 5.92 Å². The predicted molar refractivity (Wildman–Crippen MR) is 255 cm³/mol. The van der Waals surface area contributed by atoms with Crippen molar-refractivity contribution in [1.29, 1.82) is 0 Å². The van der Waals surface area contributed by atoms with E-state index in [1.807, 2.05) is 0 Å². The highest BCUT2D eigenvalue weighted by molar-refractivity contribution is 5.87. The van der Waals surface area contributed by atoms with Gasteiger partial charge in [0.15, 0.2) is 6.10 Å². The second-order valence-electron chi connectivity index (χ2n) is 18.9. The van der Waals surface area contributed by atoms with Crippen LogP contribution in [0.2, 0.25) is 0 Å². The summed E-state index contributed by atoms with van der Waals surface area (Å²) in [4.78, 5) is 24.3. The Labute approximate surface area is 364 Å². The van der Waals surface area contributed by atoms with Gasteiger partial charge in [-0.2, -0.15) is 0 Å². The molecule has 2 atom stereocenters. The van der Waals surface area contributed by atoms with Gasteiger partial charge in [0, 0.05) is 6.42 Å². The molecule has 0 aliphatic carbocycles. The van der Waals surface area contributed by atoms with Crippen LogP contribution in [0, 0.1) is 5.92 Å². The number of aliphatic hydroxyl groups excluding tert-OH is 1. The molecular formula is C54H106O4. The third-order valence-corrected chi connectivity index (χ3v) is 13.0. The van der Waals surface area contributed by atoms with E-state index < -0.39 is 18.0 Å². The van der Waals surface area contributed by atoms with Crippen molar-refractivity contribution in [2.45, 2.75) is 329 Å². The molecule has 0 rings (SSSR count). The van der Waals surface area contributed by atoms with Crippen molar-refractivity contribution in [3.63, 3.8) is 0 Å². The van der Waals surface area contributed by atoms with E-state index in [9.17, 15) is 14.7 Å². The van der Waals surface area contributed by atoms with Crippen LogP contribution in [0.25, 0.3) is 0 Å². The SMILES string of the molecule is CCCCCCCCCCCCCCCCCCC(CCCCCC)CCCCCCCCCC(O)C(=O)OC(=O)CCCCCCCCCCCCCCCCC. The number of hydrogen-bond donors (Lipinski definition) is 1. The van der Waals surface area contributed by atoms with Gasteiger partial charge in [0.2, 0.25) is 0 Å². The molecule has 0 amide bonds. The summed E-state index contributed by atoms with van der Waals surface area (Å²) in [5, 5.41) is 10.2. The first-order valence-electron chi connectivity index (χ1n) is 27.0. The van der Waals surface area contributed by atoms with Gasteiger partial charge in [0.05, 0.1) is 0 Å². The number of rotatable bonds is 49. The number of hydrogen-bond acceptors (Lipinski definition) is 4. The Hall–Kier alpha value is -0.900. The van der Waals surface area contributed by atoms with Crippen molar-refractivity contribution < 1.29 is 19.4 Å². The van der Waals surface area contributed by atoms with E-state index >= 15 is 0 Å². The number of esters is 2. The van der Waals surface area contributed by atoms with Crippen molar-refractivity contribution in [1.82, 2.24) is 0 Å². The Bertz CT molecular complexity index is 811. The first-order chi connectivity index (χ1) is 28.5. The number of ether oxygens (including phenoxy) is 1. The minimum absolute atomic E-state index is 0.274. The fourth-order valence-corrected chi connectivity index (χ4v) is 8.92. The van der Waals surface area contributed by atoms with E-state index in [4.69, 9.17) is 4.74 Å². The molecule has 0 bridgehead atoms. The molecule has 0 heterocycles. The van der Waals surface area contributed by atoms with E-state index in [1.165, 1.54) is 250 Å². The second kappa shape index (κ2) is 48.8. The van der Waals surface area contributed by atoms with Gasteiger partial charge in [-0.05, 0) is 18.8 Å². The molecule has 0 aliphatic rings. The normalized spacial score (nSPS) is 12.6. The van der Waals surface area contributed by atoms with Crippen molar-refractivity contribution in [2.75, 3.05) is 0 Å². The largest absolute Gasteiger partial charge is 0.391 e. The van der Waals surface area contributed by atoms with Crippen LogP contribution < -0.4 is 0 Å². The molecule has 0 aromatic heterocycles. The fourth-order valence-electron chi connectivity index (χ4n) is 8.92. The Morgan fingerprint density at radius 1 is 0.328 bits per heavy atom. The standard InChI is InChI=1S/C54H106O4/c1-4-7-10-13-15-17-19-21-23-25-26-28-30-33-37-42-47-51(46-41-12-9-6-3)48-43-38-34-32-35-39-44-49-52(55)54(57)58-53(56)50-45-40-36-31-29-27-24-22-20-18-16-14-11-8-5-2/h51-52,55H,4-50H2,1-3H3. The number of carbonyl (C=O) groups is 2. The highest BCUT2D eigenvalue weighted by Gasteiger charge is 2.19. The molecule has 346 valence electrons. The highest BCUT2D eigenvalue weighted by atomic mass is 16.6. The second-order valence-corrected chi connectivity index (χ2v) is 18.9. The number of carbonyl (C=O) groups excluding carboxylic acids is 2. The quantitative estimate of drug-likeness (QED) is 0.0377. The van der Waals surface area contributed by atoms with Crippen LogP contribution in [0.15, 0.2) is 0 Å². The Morgan fingerprint density at radius 2 is 0.552 bits per heavy atom. The number of unbranched alkanes of at least 4 members (excludes halogenated alkanes) is 38. The monoisotopic (exact) mass is 819 g/mol. The lowest BCUT2D eigenvalue weighted by Crippen LogP contribution is -2.25. The molecule has 0 aromatic rings. The van der Waals surface area contributed by atoms with Gasteiger partial charge in [0.25, 0.3) is 0 Å². The lowest BCUT2D eigenvalue weighted by Gasteiger charge is -2.17. The molecule has 2 unspecified atom stereocenters. The molecule has 0 fully saturated rings. The molecule has 0 aromatic carbocycles. The van der Waals surface area contributed by atoms with Crippen LogP contribution >= 0.6 is 0 Å². The predicted octanol–water partition coefficient (Wildman–Crippen LogP) is 18.4. The minimum Gasteiger partial charge on any atom is -0.391 e. The average Bonchev–Trinajstić information content (AvgIpc) is 3.22. The molecular weight excluding hydrogens is 713 g/mol. The smallest absolute Gasteiger partial charge is 0.342 e. The highest BCUT2D eigenvalue weighted by Crippen LogP contribution is 2.25. The zero-order chi connectivity index (χ0) is 42.3. The van der Waals surface area contributed by atoms with Crippen molar-refractivity contribution >= 4 is 11.9 Å².